The van der Waals surface area contributed by atoms with Crippen molar-refractivity contribution in [3.8, 4) is 0 Å². The highest BCUT2D eigenvalue weighted by Crippen LogP contribution is 2.20. The van der Waals surface area contributed by atoms with E-state index in [0.717, 1.165) is 32.5 Å². The molecule has 1 aromatic heterocycles. The van der Waals surface area contributed by atoms with Crippen LogP contribution in [0.2, 0.25) is 5.22 Å². The van der Waals surface area contributed by atoms with Gasteiger partial charge in [-0.25, -0.2) is 0 Å². The number of nitrogens with zero attached hydrogens (tertiary/aromatic N) is 1. The average molecular weight is 257 g/mol. The Morgan fingerprint density at radius 1 is 1.59 bits per heavy atom. The summed E-state index contributed by atoms with van der Waals surface area (Å²) in [6.45, 7) is 2.86. The van der Waals surface area contributed by atoms with Crippen LogP contribution in [0.5, 0.6) is 0 Å². The molecule has 1 amide bonds. The molecule has 0 unspecified atom stereocenters. The molecule has 5 heteroatoms. The summed E-state index contributed by atoms with van der Waals surface area (Å²) in [7, 11) is 1.81. The van der Waals surface area contributed by atoms with Crippen molar-refractivity contribution < 1.29 is 9.21 Å². The summed E-state index contributed by atoms with van der Waals surface area (Å²) in [5.74, 6) is 0.512. The molecule has 1 aliphatic heterocycles. The molecule has 0 spiro atoms. The first-order chi connectivity index (χ1) is 8.18. The summed E-state index contributed by atoms with van der Waals surface area (Å²) in [5, 5.41) is 3.49. The van der Waals surface area contributed by atoms with Gasteiger partial charge in [0, 0.05) is 13.6 Å². The minimum absolute atomic E-state index is 0.0673. The molecular weight excluding hydrogens is 240 g/mol. The van der Waals surface area contributed by atoms with Gasteiger partial charge in [-0.2, -0.15) is 0 Å². The van der Waals surface area contributed by atoms with Crippen molar-refractivity contribution in [3.05, 3.63) is 23.1 Å². The van der Waals surface area contributed by atoms with Gasteiger partial charge in [-0.1, -0.05) is 0 Å². The lowest BCUT2D eigenvalue weighted by Gasteiger charge is -2.27. The fraction of sp³-hybridized carbons (Fsp3) is 0.583. The maximum absolute atomic E-state index is 12.1. The van der Waals surface area contributed by atoms with Gasteiger partial charge in [0.05, 0.1) is 11.8 Å². The molecule has 1 aliphatic rings. The zero-order chi connectivity index (χ0) is 12.3. The highest BCUT2D eigenvalue weighted by molar-refractivity contribution is 6.32. The zero-order valence-electron chi connectivity index (χ0n) is 9.91. The Bertz CT molecular complexity index is 386. The van der Waals surface area contributed by atoms with Gasteiger partial charge in [-0.15, -0.1) is 0 Å². The van der Waals surface area contributed by atoms with Gasteiger partial charge in [0.1, 0.15) is 0 Å². The molecule has 0 atom stereocenters. The molecule has 17 heavy (non-hydrogen) atoms. The van der Waals surface area contributed by atoms with Crippen molar-refractivity contribution in [2.24, 2.45) is 5.92 Å². The van der Waals surface area contributed by atoms with Gasteiger partial charge in [0.25, 0.3) is 5.91 Å². The smallest absolute Gasteiger partial charge is 0.258 e. The van der Waals surface area contributed by atoms with E-state index < -0.39 is 0 Å². The predicted octanol–water partition coefficient (Wildman–Crippen LogP) is 2.00. The number of amides is 1. The fourth-order valence-electron chi connectivity index (χ4n) is 2.19. The number of furan rings is 1. The Labute approximate surface area is 106 Å². The van der Waals surface area contributed by atoms with E-state index >= 15 is 0 Å². The molecular formula is C12H17ClN2O2. The number of carbonyl (C=O) groups excluding carboxylic acids is 1. The van der Waals surface area contributed by atoms with Crippen molar-refractivity contribution in [2.75, 3.05) is 26.7 Å². The fourth-order valence-corrected chi connectivity index (χ4v) is 2.38. The van der Waals surface area contributed by atoms with E-state index in [0.29, 0.717) is 11.5 Å². The maximum Gasteiger partial charge on any atom is 0.258 e. The highest BCUT2D eigenvalue weighted by Gasteiger charge is 2.21. The Kier molecular flexibility index (Phi) is 4.07. The second-order valence-corrected chi connectivity index (χ2v) is 4.83. The van der Waals surface area contributed by atoms with Gasteiger partial charge >= 0.3 is 0 Å². The SMILES string of the molecule is CN(CC1CCNCC1)C(=O)c1ccoc1Cl. The van der Waals surface area contributed by atoms with Crippen LogP contribution in [-0.4, -0.2) is 37.5 Å². The minimum Gasteiger partial charge on any atom is -0.452 e. The summed E-state index contributed by atoms with van der Waals surface area (Å²) < 4.78 is 4.93. The van der Waals surface area contributed by atoms with E-state index in [4.69, 9.17) is 16.0 Å². The summed E-state index contributed by atoms with van der Waals surface area (Å²) >= 11 is 5.80. The predicted molar refractivity (Wildman–Crippen MR) is 66.3 cm³/mol. The van der Waals surface area contributed by atoms with Gasteiger partial charge in [0.2, 0.25) is 5.22 Å². The van der Waals surface area contributed by atoms with Crippen molar-refractivity contribution in [2.45, 2.75) is 12.8 Å². The Morgan fingerprint density at radius 2 is 2.29 bits per heavy atom. The molecule has 1 saturated heterocycles. The number of hydrogen-bond acceptors (Lipinski definition) is 3. The molecule has 0 radical (unpaired) electrons. The topological polar surface area (TPSA) is 45.5 Å². The number of hydrogen-bond donors (Lipinski definition) is 1. The molecule has 0 saturated carbocycles. The van der Waals surface area contributed by atoms with Crippen LogP contribution in [0.25, 0.3) is 0 Å². The summed E-state index contributed by atoms with van der Waals surface area (Å²) in [5.41, 5.74) is 0.447. The lowest BCUT2D eigenvalue weighted by Crippen LogP contribution is -2.37. The molecule has 0 bridgehead atoms. The van der Waals surface area contributed by atoms with Crippen LogP contribution in [0.1, 0.15) is 23.2 Å². The van der Waals surface area contributed by atoms with Crippen molar-refractivity contribution in [3.63, 3.8) is 0 Å². The lowest BCUT2D eigenvalue weighted by molar-refractivity contribution is 0.0762. The number of rotatable bonds is 3. The van der Waals surface area contributed by atoms with E-state index in [2.05, 4.69) is 5.32 Å². The number of piperidine rings is 1. The van der Waals surface area contributed by atoms with Gasteiger partial charge in [-0.05, 0) is 49.5 Å². The van der Waals surface area contributed by atoms with Crippen LogP contribution >= 0.6 is 11.6 Å². The third kappa shape index (κ3) is 3.01. The van der Waals surface area contributed by atoms with Crippen LogP contribution < -0.4 is 5.32 Å². The number of halogens is 1. The van der Waals surface area contributed by atoms with Gasteiger partial charge < -0.3 is 14.6 Å². The molecule has 2 heterocycles. The van der Waals surface area contributed by atoms with E-state index in [1.807, 2.05) is 7.05 Å². The quantitative estimate of drug-likeness (QED) is 0.900. The normalized spacial score (nSPS) is 17.1. The monoisotopic (exact) mass is 256 g/mol. The Balaban J connectivity index is 1.93. The lowest BCUT2D eigenvalue weighted by atomic mass is 9.97. The standard InChI is InChI=1S/C12H17ClN2O2/c1-15(8-9-2-5-14-6-3-9)12(16)10-4-7-17-11(10)13/h4,7,9,14H,2-3,5-6,8H2,1H3. The molecule has 0 aromatic carbocycles. The zero-order valence-corrected chi connectivity index (χ0v) is 10.7. The average Bonchev–Trinajstić information content (AvgIpc) is 2.76. The Morgan fingerprint density at radius 3 is 2.88 bits per heavy atom. The Hall–Kier alpha value is -1.00. The van der Waals surface area contributed by atoms with Crippen molar-refractivity contribution in [1.82, 2.24) is 10.2 Å². The van der Waals surface area contributed by atoms with Gasteiger partial charge in [0.15, 0.2) is 0 Å². The van der Waals surface area contributed by atoms with E-state index in [1.54, 1.807) is 11.0 Å². The van der Waals surface area contributed by atoms with Crippen LogP contribution in [-0.2, 0) is 0 Å². The molecule has 4 nitrogen and oxygen atoms in total. The van der Waals surface area contributed by atoms with E-state index in [-0.39, 0.29) is 11.1 Å². The minimum atomic E-state index is -0.0673. The van der Waals surface area contributed by atoms with Crippen LogP contribution in [0, 0.1) is 5.92 Å². The number of nitrogens with one attached hydrogen (secondary N) is 1. The van der Waals surface area contributed by atoms with Crippen LogP contribution in [0.15, 0.2) is 16.7 Å². The first-order valence-electron chi connectivity index (χ1n) is 5.87. The molecule has 94 valence electrons. The number of carbonyl (C=O) groups is 1. The second kappa shape index (κ2) is 5.56. The third-order valence-corrected chi connectivity index (χ3v) is 3.48. The highest BCUT2D eigenvalue weighted by atomic mass is 35.5. The third-order valence-electron chi connectivity index (χ3n) is 3.19. The first kappa shape index (κ1) is 12.5. The van der Waals surface area contributed by atoms with Crippen molar-refractivity contribution in [1.29, 1.82) is 0 Å². The summed E-state index contributed by atoms with van der Waals surface area (Å²) in [6, 6.07) is 1.61. The molecule has 1 N–H and O–H groups in total. The molecule has 0 aliphatic carbocycles. The molecule has 2 rings (SSSR count). The maximum atomic E-state index is 12.1. The van der Waals surface area contributed by atoms with E-state index in [9.17, 15) is 4.79 Å². The summed E-state index contributed by atoms with van der Waals surface area (Å²) in [6.07, 6.45) is 3.68. The second-order valence-electron chi connectivity index (χ2n) is 4.49. The van der Waals surface area contributed by atoms with Crippen molar-refractivity contribution >= 4 is 17.5 Å². The van der Waals surface area contributed by atoms with Crippen LogP contribution in [0.3, 0.4) is 0 Å². The van der Waals surface area contributed by atoms with Gasteiger partial charge in [-0.3, -0.25) is 4.79 Å². The van der Waals surface area contributed by atoms with E-state index in [1.165, 1.54) is 6.26 Å². The molecule has 1 aromatic rings. The van der Waals surface area contributed by atoms with Crippen LogP contribution in [0.4, 0.5) is 0 Å². The molecule has 1 fully saturated rings. The largest absolute Gasteiger partial charge is 0.452 e. The summed E-state index contributed by atoms with van der Waals surface area (Å²) in [4.78, 5) is 13.8. The first-order valence-corrected chi connectivity index (χ1v) is 6.25.